The molecule has 13 heteroatoms. The van der Waals surface area contributed by atoms with Crippen LogP contribution in [0, 0.1) is 0 Å². The van der Waals surface area contributed by atoms with Crippen molar-refractivity contribution in [3.63, 3.8) is 0 Å². The first-order valence-corrected chi connectivity index (χ1v) is 10.7. The molecule has 0 N–H and O–H groups in total. The topological polar surface area (TPSA) is 68.7 Å². The number of sulfonamides is 1. The maximum atomic E-state index is 13.1. The van der Waals surface area contributed by atoms with E-state index in [9.17, 15) is 34.8 Å². The number of halogens is 6. The van der Waals surface area contributed by atoms with Crippen LogP contribution in [0.4, 0.5) is 26.3 Å². The van der Waals surface area contributed by atoms with Crippen LogP contribution in [0.25, 0.3) is 0 Å². The Bertz CT molecular complexity index is 982. The Morgan fingerprint density at radius 3 is 2.19 bits per heavy atom. The fourth-order valence-electron chi connectivity index (χ4n) is 2.60. The summed E-state index contributed by atoms with van der Waals surface area (Å²) in [6.07, 6.45) is -7.72. The van der Waals surface area contributed by atoms with Crippen molar-refractivity contribution >= 4 is 10.0 Å². The lowest BCUT2D eigenvalue weighted by Crippen LogP contribution is -2.33. The van der Waals surface area contributed by atoms with Gasteiger partial charge in [-0.25, -0.2) is 8.42 Å². The predicted octanol–water partition coefficient (Wildman–Crippen LogP) is 4.22. The number of benzene rings is 1. The van der Waals surface area contributed by atoms with Gasteiger partial charge in [-0.05, 0) is 24.3 Å². The molecule has 0 fully saturated rings. The molecule has 0 aliphatic rings. The molecule has 1 aromatic carbocycles. The Balaban J connectivity index is 2.36. The summed E-state index contributed by atoms with van der Waals surface area (Å²) in [6, 6.07) is 7.50. The minimum absolute atomic E-state index is 0.0541. The van der Waals surface area contributed by atoms with Crippen molar-refractivity contribution < 1.29 is 44.2 Å². The fraction of sp³-hybridized carbons (Fsp3) is 0.421. The third kappa shape index (κ3) is 7.86. The van der Waals surface area contributed by atoms with Crippen LogP contribution >= 0.6 is 0 Å². The van der Waals surface area contributed by atoms with Gasteiger partial charge in [0.2, 0.25) is 10.0 Å². The maximum Gasteiger partial charge on any atom is 0.422 e. The van der Waals surface area contributed by atoms with Crippen LogP contribution in [0.1, 0.15) is 12.6 Å². The van der Waals surface area contributed by atoms with Gasteiger partial charge in [-0.15, -0.1) is 0 Å². The van der Waals surface area contributed by atoms with Crippen LogP contribution in [0.2, 0.25) is 0 Å². The third-order valence-corrected chi connectivity index (χ3v) is 6.02. The van der Waals surface area contributed by atoms with Gasteiger partial charge >= 0.3 is 12.4 Å². The van der Waals surface area contributed by atoms with Crippen molar-refractivity contribution in [3.8, 4) is 11.5 Å². The molecular formula is C19H20F6N2O4S. The highest BCUT2D eigenvalue weighted by atomic mass is 32.2. The van der Waals surface area contributed by atoms with Crippen molar-refractivity contribution in [1.29, 1.82) is 0 Å². The second-order valence-electron chi connectivity index (χ2n) is 6.48. The van der Waals surface area contributed by atoms with Crippen LogP contribution in [0.3, 0.4) is 0 Å². The Labute approximate surface area is 180 Å². The average molecular weight is 486 g/mol. The molecule has 0 atom stereocenters. The molecule has 178 valence electrons. The number of hydrogen-bond donors (Lipinski definition) is 0. The molecule has 0 unspecified atom stereocenters. The summed E-state index contributed by atoms with van der Waals surface area (Å²) in [6.45, 7) is -2.09. The van der Waals surface area contributed by atoms with E-state index < -0.39 is 52.0 Å². The van der Waals surface area contributed by atoms with Gasteiger partial charge in [-0.1, -0.05) is 13.0 Å². The lowest BCUT2D eigenvalue weighted by atomic mass is 10.3. The van der Waals surface area contributed by atoms with Crippen molar-refractivity contribution in [2.45, 2.75) is 30.6 Å². The van der Waals surface area contributed by atoms with Gasteiger partial charge in [0.15, 0.2) is 13.2 Å². The van der Waals surface area contributed by atoms with Gasteiger partial charge in [0.25, 0.3) is 0 Å². The number of aromatic nitrogens is 1. The zero-order valence-corrected chi connectivity index (χ0v) is 17.6. The van der Waals surface area contributed by atoms with E-state index in [1.807, 2.05) is 0 Å². The quantitative estimate of drug-likeness (QED) is 0.471. The Morgan fingerprint density at radius 2 is 1.62 bits per heavy atom. The molecule has 0 spiro atoms. The van der Waals surface area contributed by atoms with Crippen LogP contribution in [0.5, 0.6) is 11.5 Å². The summed E-state index contributed by atoms with van der Waals surface area (Å²) >= 11 is 0. The summed E-state index contributed by atoms with van der Waals surface area (Å²) in [4.78, 5) is 3.35. The van der Waals surface area contributed by atoms with Crippen LogP contribution < -0.4 is 9.47 Å². The van der Waals surface area contributed by atoms with Crippen LogP contribution in [0.15, 0.2) is 47.5 Å². The van der Waals surface area contributed by atoms with Crippen molar-refractivity contribution in [2.24, 2.45) is 0 Å². The van der Waals surface area contributed by atoms with E-state index in [1.165, 1.54) is 13.1 Å². The first-order chi connectivity index (χ1) is 14.8. The number of ether oxygens (including phenoxy) is 2. The summed E-state index contributed by atoms with van der Waals surface area (Å²) in [5, 5.41) is 0. The van der Waals surface area contributed by atoms with Gasteiger partial charge in [0.1, 0.15) is 16.4 Å². The van der Waals surface area contributed by atoms with E-state index >= 15 is 0 Å². The molecule has 32 heavy (non-hydrogen) atoms. The van der Waals surface area contributed by atoms with Crippen molar-refractivity contribution in [2.75, 3.05) is 26.3 Å². The monoisotopic (exact) mass is 486 g/mol. The standard InChI is InChI=1S/C19H20F6N2O4S/c1-2-27(10-8-14-5-3-4-9-26-14)32(28,29)17-11-15(30-12-18(20,21)22)6-7-16(17)31-13-19(23,24)25/h3-7,9,11H,2,8,10,12-13H2,1H3. The van der Waals surface area contributed by atoms with Gasteiger partial charge in [0.05, 0.1) is 0 Å². The number of rotatable bonds is 10. The molecular weight excluding hydrogens is 466 g/mol. The lowest BCUT2D eigenvalue weighted by molar-refractivity contribution is -0.154. The van der Waals surface area contributed by atoms with E-state index in [0.29, 0.717) is 5.69 Å². The first kappa shape index (κ1) is 25.7. The normalized spacial score (nSPS) is 12.8. The van der Waals surface area contributed by atoms with Gasteiger partial charge < -0.3 is 9.47 Å². The summed E-state index contributed by atoms with van der Waals surface area (Å²) < 4.78 is 112. The van der Waals surface area contributed by atoms with E-state index in [0.717, 1.165) is 22.5 Å². The fourth-order valence-corrected chi connectivity index (χ4v) is 4.19. The molecule has 0 aliphatic carbocycles. The van der Waals surface area contributed by atoms with Crippen LogP contribution in [-0.2, 0) is 16.4 Å². The number of likely N-dealkylation sites (N-methyl/N-ethyl adjacent to an activating group) is 1. The van der Waals surface area contributed by atoms with E-state index in [4.69, 9.17) is 0 Å². The van der Waals surface area contributed by atoms with Crippen molar-refractivity contribution in [3.05, 3.63) is 48.3 Å². The molecule has 0 bridgehead atoms. The molecule has 1 heterocycles. The van der Waals surface area contributed by atoms with Gasteiger partial charge in [-0.3, -0.25) is 4.98 Å². The highest BCUT2D eigenvalue weighted by Crippen LogP contribution is 2.33. The second kappa shape index (κ2) is 10.4. The molecule has 2 aromatic rings. The number of alkyl halides is 6. The Morgan fingerprint density at radius 1 is 0.969 bits per heavy atom. The maximum absolute atomic E-state index is 13.1. The number of hydrogen-bond acceptors (Lipinski definition) is 5. The summed E-state index contributed by atoms with van der Waals surface area (Å²) in [5.41, 5.74) is 0.581. The first-order valence-electron chi connectivity index (χ1n) is 9.25. The summed E-state index contributed by atoms with van der Waals surface area (Å²) in [5.74, 6) is -1.14. The smallest absolute Gasteiger partial charge is 0.422 e. The molecule has 2 rings (SSSR count). The predicted molar refractivity (Wildman–Crippen MR) is 102 cm³/mol. The van der Waals surface area contributed by atoms with Gasteiger partial charge in [-0.2, -0.15) is 30.6 Å². The van der Waals surface area contributed by atoms with Gasteiger partial charge in [0, 0.05) is 37.5 Å². The third-order valence-electron chi connectivity index (χ3n) is 4.02. The zero-order valence-electron chi connectivity index (χ0n) is 16.8. The van der Waals surface area contributed by atoms with E-state index in [2.05, 4.69) is 14.5 Å². The van der Waals surface area contributed by atoms with Crippen molar-refractivity contribution in [1.82, 2.24) is 9.29 Å². The highest BCUT2D eigenvalue weighted by Gasteiger charge is 2.33. The second-order valence-corrected chi connectivity index (χ2v) is 8.39. The highest BCUT2D eigenvalue weighted by molar-refractivity contribution is 7.89. The molecule has 0 amide bonds. The average Bonchev–Trinajstić information content (AvgIpc) is 2.71. The zero-order chi connectivity index (χ0) is 24.0. The molecule has 0 saturated heterocycles. The molecule has 1 aromatic heterocycles. The molecule has 0 aliphatic heterocycles. The Kier molecular flexibility index (Phi) is 8.35. The number of nitrogens with zero attached hydrogens (tertiary/aromatic N) is 2. The largest absolute Gasteiger partial charge is 0.484 e. The minimum Gasteiger partial charge on any atom is -0.484 e. The van der Waals surface area contributed by atoms with Crippen LogP contribution in [-0.4, -0.2) is 56.4 Å². The molecule has 0 radical (unpaired) electrons. The summed E-state index contributed by atoms with van der Waals surface area (Å²) in [7, 11) is -4.44. The lowest BCUT2D eigenvalue weighted by Gasteiger charge is -2.23. The Hall–Kier alpha value is -2.54. The molecule has 6 nitrogen and oxygen atoms in total. The SMILES string of the molecule is CCN(CCc1ccccn1)S(=O)(=O)c1cc(OCC(F)(F)F)ccc1OCC(F)(F)F. The van der Waals surface area contributed by atoms with E-state index in [-0.39, 0.29) is 19.5 Å². The molecule has 0 saturated carbocycles. The number of pyridine rings is 1. The van der Waals surface area contributed by atoms with E-state index in [1.54, 1.807) is 18.2 Å². The minimum atomic E-state index is -4.75.